The zero-order chi connectivity index (χ0) is 13.8. The number of likely N-dealkylation sites (tertiary alicyclic amines) is 1. The molecule has 0 saturated carbocycles. The van der Waals surface area contributed by atoms with Gasteiger partial charge < -0.3 is 4.74 Å². The number of unbranched alkanes of at least 4 members (excludes halogenated alkanes) is 2. The van der Waals surface area contributed by atoms with E-state index in [1.165, 1.54) is 4.90 Å². The van der Waals surface area contributed by atoms with Gasteiger partial charge in [-0.2, -0.15) is 0 Å². The molecule has 0 aromatic carbocycles. The molecule has 1 saturated heterocycles. The lowest BCUT2D eigenvalue weighted by Crippen LogP contribution is -2.37. The normalized spacial score (nSPS) is 24.4. The van der Waals surface area contributed by atoms with E-state index < -0.39 is 5.41 Å². The van der Waals surface area contributed by atoms with Crippen molar-refractivity contribution in [2.45, 2.75) is 46.5 Å². The number of carbonyl (C=O) groups is 2. The van der Waals surface area contributed by atoms with Gasteiger partial charge in [0.2, 0.25) is 11.8 Å². The summed E-state index contributed by atoms with van der Waals surface area (Å²) in [5.74, 6) is 0.199. The molecule has 1 heterocycles. The summed E-state index contributed by atoms with van der Waals surface area (Å²) in [6, 6.07) is 0. The molecule has 1 fully saturated rings. The molecule has 1 aliphatic heterocycles. The molecule has 0 N–H and O–H groups in total. The van der Waals surface area contributed by atoms with Crippen LogP contribution in [0.15, 0.2) is 0 Å². The van der Waals surface area contributed by atoms with Crippen LogP contribution in [0.25, 0.3) is 0 Å². The van der Waals surface area contributed by atoms with Crippen LogP contribution in [0.3, 0.4) is 0 Å². The number of hydrogen-bond donors (Lipinski definition) is 0. The molecule has 0 radical (unpaired) electrons. The van der Waals surface area contributed by atoms with E-state index in [0.717, 1.165) is 25.9 Å². The molecule has 18 heavy (non-hydrogen) atoms. The highest BCUT2D eigenvalue weighted by molar-refractivity contribution is 6.05. The van der Waals surface area contributed by atoms with E-state index in [9.17, 15) is 9.59 Å². The first-order valence-corrected chi connectivity index (χ1v) is 6.77. The number of nitrogens with zero attached hydrogens (tertiary/aromatic N) is 1. The Morgan fingerprint density at radius 1 is 1.28 bits per heavy atom. The molecular formula is C14H25NO3. The Morgan fingerprint density at radius 3 is 2.44 bits per heavy atom. The lowest BCUT2D eigenvalue weighted by Gasteiger charge is -2.26. The number of imide groups is 1. The quantitative estimate of drug-likeness (QED) is 0.517. The van der Waals surface area contributed by atoms with Crippen molar-refractivity contribution in [3.05, 3.63) is 0 Å². The van der Waals surface area contributed by atoms with Crippen LogP contribution >= 0.6 is 0 Å². The van der Waals surface area contributed by atoms with E-state index in [4.69, 9.17) is 4.74 Å². The molecule has 4 heteroatoms. The van der Waals surface area contributed by atoms with E-state index in [1.54, 1.807) is 7.11 Å². The second-order valence-corrected chi connectivity index (χ2v) is 5.65. The Labute approximate surface area is 110 Å². The van der Waals surface area contributed by atoms with E-state index in [0.29, 0.717) is 13.0 Å². The Balaban J connectivity index is 2.47. The van der Waals surface area contributed by atoms with Gasteiger partial charge in [0.1, 0.15) is 0 Å². The van der Waals surface area contributed by atoms with Gasteiger partial charge in [-0.3, -0.25) is 14.5 Å². The van der Waals surface area contributed by atoms with E-state index in [1.807, 2.05) is 20.8 Å². The van der Waals surface area contributed by atoms with E-state index in [-0.39, 0.29) is 17.7 Å². The second-order valence-electron chi connectivity index (χ2n) is 5.65. The summed E-state index contributed by atoms with van der Waals surface area (Å²) in [5, 5.41) is 0. The van der Waals surface area contributed by atoms with Crippen LogP contribution in [0.4, 0.5) is 0 Å². The minimum atomic E-state index is -0.496. The molecular weight excluding hydrogens is 230 g/mol. The summed E-state index contributed by atoms with van der Waals surface area (Å²) < 4.78 is 4.97. The number of rotatable bonds is 7. The van der Waals surface area contributed by atoms with Gasteiger partial charge in [0.25, 0.3) is 0 Å². The third-order valence-electron chi connectivity index (χ3n) is 4.06. The number of hydrogen-bond acceptors (Lipinski definition) is 3. The highest BCUT2D eigenvalue weighted by atomic mass is 16.5. The van der Waals surface area contributed by atoms with Crippen molar-refractivity contribution in [2.24, 2.45) is 11.3 Å². The smallest absolute Gasteiger partial charge is 0.235 e. The zero-order valence-corrected chi connectivity index (χ0v) is 12.0. The van der Waals surface area contributed by atoms with E-state index in [2.05, 4.69) is 0 Å². The lowest BCUT2D eigenvalue weighted by atomic mass is 9.78. The van der Waals surface area contributed by atoms with Crippen LogP contribution < -0.4 is 0 Å². The number of methoxy groups -OCH3 is 1. The zero-order valence-electron chi connectivity index (χ0n) is 12.0. The molecule has 0 aromatic rings. The SMILES string of the molecule is COCCCCCN1C(=O)C[C@@](C)(C(C)C)C1=O. The van der Waals surface area contributed by atoms with Gasteiger partial charge in [0, 0.05) is 26.7 Å². The van der Waals surface area contributed by atoms with Gasteiger partial charge in [-0.05, 0) is 32.1 Å². The maximum atomic E-state index is 12.3. The van der Waals surface area contributed by atoms with Crippen molar-refractivity contribution >= 4 is 11.8 Å². The Hall–Kier alpha value is -0.900. The molecule has 1 rings (SSSR count). The van der Waals surface area contributed by atoms with Crippen molar-refractivity contribution in [3.63, 3.8) is 0 Å². The molecule has 2 amide bonds. The maximum absolute atomic E-state index is 12.3. The van der Waals surface area contributed by atoms with Crippen LogP contribution in [-0.4, -0.2) is 37.0 Å². The average molecular weight is 255 g/mol. The van der Waals surface area contributed by atoms with Crippen molar-refractivity contribution in [1.82, 2.24) is 4.90 Å². The van der Waals surface area contributed by atoms with Crippen LogP contribution in [0.5, 0.6) is 0 Å². The first-order valence-electron chi connectivity index (χ1n) is 6.77. The third-order valence-corrected chi connectivity index (χ3v) is 4.06. The highest BCUT2D eigenvalue weighted by Crippen LogP contribution is 2.39. The molecule has 1 atom stereocenters. The second kappa shape index (κ2) is 6.32. The van der Waals surface area contributed by atoms with Gasteiger partial charge >= 0.3 is 0 Å². The van der Waals surface area contributed by atoms with Gasteiger partial charge in [-0.15, -0.1) is 0 Å². The molecule has 1 aliphatic rings. The molecule has 0 aliphatic carbocycles. The minimum absolute atomic E-state index is 0.00856. The average Bonchev–Trinajstić information content (AvgIpc) is 2.53. The Bertz CT molecular complexity index is 314. The highest BCUT2D eigenvalue weighted by Gasteiger charge is 2.49. The van der Waals surface area contributed by atoms with Crippen LogP contribution in [0.2, 0.25) is 0 Å². The van der Waals surface area contributed by atoms with Gasteiger partial charge in [0.05, 0.1) is 5.41 Å². The largest absolute Gasteiger partial charge is 0.385 e. The fourth-order valence-electron chi connectivity index (χ4n) is 2.28. The van der Waals surface area contributed by atoms with Crippen molar-refractivity contribution < 1.29 is 14.3 Å². The predicted octanol–water partition coefficient (Wildman–Crippen LogP) is 2.22. The van der Waals surface area contributed by atoms with Crippen LogP contribution in [0.1, 0.15) is 46.5 Å². The standard InChI is InChI=1S/C14H25NO3/c1-11(2)14(3)10-12(16)15(13(14)17)8-6-5-7-9-18-4/h11H,5-10H2,1-4H3/t14-/m0/s1. The predicted molar refractivity (Wildman–Crippen MR) is 70.0 cm³/mol. The first kappa shape index (κ1) is 15.2. The molecule has 0 bridgehead atoms. The molecule has 104 valence electrons. The van der Waals surface area contributed by atoms with Crippen LogP contribution in [-0.2, 0) is 14.3 Å². The van der Waals surface area contributed by atoms with Crippen molar-refractivity contribution in [2.75, 3.05) is 20.3 Å². The minimum Gasteiger partial charge on any atom is -0.385 e. The van der Waals surface area contributed by atoms with Crippen LogP contribution in [0, 0.1) is 11.3 Å². The summed E-state index contributed by atoms with van der Waals surface area (Å²) in [6.45, 7) is 7.22. The topological polar surface area (TPSA) is 46.6 Å². The third kappa shape index (κ3) is 3.10. The Kier molecular flexibility index (Phi) is 5.32. The summed E-state index contributed by atoms with van der Waals surface area (Å²) in [6.07, 6.45) is 3.20. The molecule has 0 aromatic heterocycles. The van der Waals surface area contributed by atoms with Gasteiger partial charge in [0.15, 0.2) is 0 Å². The summed E-state index contributed by atoms with van der Waals surface area (Å²) in [4.78, 5) is 25.6. The van der Waals surface area contributed by atoms with Crippen molar-refractivity contribution in [3.8, 4) is 0 Å². The number of amides is 2. The number of ether oxygens (including phenoxy) is 1. The van der Waals surface area contributed by atoms with Gasteiger partial charge in [-0.1, -0.05) is 13.8 Å². The first-order chi connectivity index (χ1) is 8.43. The monoisotopic (exact) mass is 255 g/mol. The summed E-state index contributed by atoms with van der Waals surface area (Å²) in [7, 11) is 1.68. The summed E-state index contributed by atoms with van der Waals surface area (Å²) in [5.41, 5.74) is -0.496. The Morgan fingerprint density at radius 2 is 1.94 bits per heavy atom. The molecule has 4 nitrogen and oxygen atoms in total. The lowest BCUT2D eigenvalue weighted by molar-refractivity contribution is -0.142. The fourth-order valence-corrected chi connectivity index (χ4v) is 2.28. The van der Waals surface area contributed by atoms with E-state index >= 15 is 0 Å². The maximum Gasteiger partial charge on any atom is 0.235 e. The van der Waals surface area contributed by atoms with Crippen molar-refractivity contribution in [1.29, 1.82) is 0 Å². The molecule has 0 spiro atoms. The number of carbonyl (C=O) groups excluding carboxylic acids is 2. The fraction of sp³-hybridized carbons (Fsp3) is 0.857. The molecule has 0 unspecified atom stereocenters. The summed E-state index contributed by atoms with van der Waals surface area (Å²) >= 11 is 0. The van der Waals surface area contributed by atoms with Gasteiger partial charge in [-0.25, -0.2) is 0 Å².